The van der Waals surface area contributed by atoms with Crippen molar-refractivity contribution in [1.29, 1.82) is 0 Å². The number of hydrogen-bond donors (Lipinski definition) is 1. The Balaban J connectivity index is 2.74. The first-order valence-electron chi connectivity index (χ1n) is 3.45. The van der Waals surface area contributed by atoms with Crippen molar-refractivity contribution in [3.8, 4) is 0 Å². The van der Waals surface area contributed by atoms with Crippen LogP contribution < -0.4 is 10.9 Å². The molecule has 0 atom stereocenters. The molecule has 64 valence electrons. The zero-order valence-corrected chi connectivity index (χ0v) is 7.08. The fourth-order valence-corrected chi connectivity index (χ4v) is 2.71. The Morgan fingerprint density at radius 2 is 2.00 bits per heavy atom. The van der Waals surface area contributed by atoms with Gasteiger partial charge in [0, 0.05) is 0 Å². The number of rotatable bonds is 0. The molecule has 2 rings (SSSR count). The summed E-state index contributed by atoms with van der Waals surface area (Å²) in [6.45, 7) is 0. The van der Waals surface area contributed by atoms with E-state index in [1.165, 1.54) is 5.01 Å². The molecule has 0 radical (unpaired) electrons. The van der Waals surface area contributed by atoms with Gasteiger partial charge < -0.3 is 0 Å². The van der Waals surface area contributed by atoms with Gasteiger partial charge in [-0.15, -0.1) is 0 Å². The maximum absolute atomic E-state index is 11.3. The average molecular weight is 184 g/mol. The quantitative estimate of drug-likeness (QED) is 0.581. The Bertz CT molecular complexity index is 413. The topological polar surface area (TPSA) is 63.4 Å². The first-order chi connectivity index (χ1) is 5.61. The summed E-state index contributed by atoms with van der Waals surface area (Å²) in [5, 5.41) is 1.24. The van der Waals surface area contributed by atoms with Gasteiger partial charge in [-0.1, -0.05) is 12.1 Å². The van der Waals surface area contributed by atoms with Crippen molar-refractivity contribution in [3.63, 3.8) is 0 Å². The number of sulfone groups is 1. The molecule has 0 aliphatic carbocycles. The van der Waals surface area contributed by atoms with Crippen LogP contribution in [0.3, 0.4) is 0 Å². The molecule has 0 unspecified atom stereocenters. The van der Waals surface area contributed by atoms with E-state index >= 15 is 0 Å². The van der Waals surface area contributed by atoms with Gasteiger partial charge in [0.2, 0.25) is 0 Å². The lowest BCUT2D eigenvalue weighted by atomic mass is 10.3. The molecule has 4 nitrogen and oxygen atoms in total. The summed E-state index contributed by atoms with van der Waals surface area (Å²) in [6, 6.07) is 6.71. The molecule has 0 fully saturated rings. The standard InChI is InChI=1S/C7H8N2O2S/c8-9-5-12(10,11)7-4-2-1-3-6(7)9/h1-4H,5,8H2. The smallest absolute Gasteiger partial charge is 0.200 e. The van der Waals surface area contributed by atoms with Crippen LogP contribution in [0.5, 0.6) is 0 Å². The van der Waals surface area contributed by atoms with Gasteiger partial charge in [-0.05, 0) is 12.1 Å². The molecule has 1 aliphatic heterocycles. The molecule has 0 amide bonds. The molecule has 0 spiro atoms. The second kappa shape index (κ2) is 2.21. The van der Waals surface area contributed by atoms with E-state index in [2.05, 4.69) is 0 Å². The number of para-hydroxylation sites is 1. The summed E-state index contributed by atoms with van der Waals surface area (Å²) < 4.78 is 22.7. The second-order valence-electron chi connectivity index (χ2n) is 2.68. The maximum Gasteiger partial charge on any atom is 0.200 e. The number of hydrazine groups is 1. The SMILES string of the molecule is NN1CS(=O)(=O)c2ccccc21. The fourth-order valence-electron chi connectivity index (χ4n) is 1.28. The molecule has 1 heterocycles. The Morgan fingerprint density at radius 1 is 1.33 bits per heavy atom. The van der Waals surface area contributed by atoms with E-state index in [-0.39, 0.29) is 5.88 Å². The molecular formula is C7H8N2O2S. The van der Waals surface area contributed by atoms with Crippen molar-refractivity contribution in [1.82, 2.24) is 0 Å². The maximum atomic E-state index is 11.3. The monoisotopic (exact) mass is 184 g/mol. The van der Waals surface area contributed by atoms with Crippen molar-refractivity contribution >= 4 is 15.5 Å². The molecule has 0 aromatic heterocycles. The second-order valence-corrected chi connectivity index (χ2v) is 4.61. The highest BCUT2D eigenvalue weighted by molar-refractivity contribution is 7.92. The molecule has 1 aromatic rings. The number of nitrogens with zero attached hydrogens (tertiary/aromatic N) is 1. The van der Waals surface area contributed by atoms with E-state index in [0.717, 1.165) is 0 Å². The number of nitrogens with two attached hydrogens (primary N) is 1. The lowest BCUT2D eigenvalue weighted by Crippen LogP contribution is -2.29. The van der Waals surface area contributed by atoms with E-state index < -0.39 is 9.84 Å². The van der Waals surface area contributed by atoms with Crippen LogP contribution in [0.1, 0.15) is 0 Å². The summed E-state index contributed by atoms with van der Waals surface area (Å²) in [7, 11) is -3.15. The van der Waals surface area contributed by atoms with Gasteiger partial charge in [0.05, 0.1) is 10.6 Å². The Morgan fingerprint density at radius 3 is 2.67 bits per heavy atom. The molecule has 2 N–H and O–H groups in total. The largest absolute Gasteiger partial charge is 0.294 e. The third-order valence-corrected chi connectivity index (χ3v) is 3.45. The van der Waals surface area contributed by atoms with Crippen molar-refractivity contribution in [2.24, 2.45) is 5.84 Å². The molecule has 1 aromatic carbocycles. The first kappa shape index (κ1) is 7.57. The molecule has 0 saturated heterocycles. The van der Waals surface area contributed by atoms with Gasteiger partial charge in [-0.25, -0.2) is 14.3 Å². The van der Waals surface area contributed by atoms with E-state index in [1.54, 1.807) is 24.3 Å². The zero-order chi connectivity index (χ0) is 8.77. The molecule has 1 aliphatic rings. The van der Waals surface area contributed by atoms with Gasteiger partial charge >= 0.3 is 0 Å². The van der Waals surface area contributed by atoms with Gasteiger partial charge in [-0.2, -0.15) is 0 Å². The normalized spacial score (nSPS) is 19.2. The molecular weight excluding hydrogens is 176 g/mol. The Hall–Kier alpha value is -1.07. The first-order valence-corrected chi connectivity index (χ1v) is 5.10. The highest BCUT2D eigenvalue weighted by atomic mass is 32.2. The van der Waals surface area contributed by atoms with Gasteiger partial charge in [-0.3, -0.25) is 5.01 Å². The average Bonchev–Trinajstić information content (AvgIpc) is 2.25. The lowest BCUT2D eigenvalue weighted by molar-refractivity contribution is 0.599. The summed E-state index contributed by atoms with van der Waals surface area (Å²) in [5.74, 6) is 5.36. The minimum Gasteiger partial charge on any atom is -0.294 e. The molecule has 0 bridgehead atoms. The van der Waals surface area contributed by atoms with E-state index in [0.29, 0.717) is 10.6 Å². The summed E-state index contributed by atoms with van der Waals surface area (Å²) >= 11 is 0. The third kappa shape index (κ3) is 0.904. The van der Waals surface area contributed by atoms with E-state index in [9.17, 15) is 8.42 Å². The van der Waals surface area contributed by atoms with Crippen LogP contribution in [0, 0.1) is 0 Å². The van der Waals surface area contributed by atoms with Crippen molar-refractivity contribution in [3.05, 3.63) is 24.3 Å². The predicted octanol–water partition coefficient (Wildman–Crippen LogP) is 0.111. The Labute approximate surface area is 70.5 Å². The summed E-state index contributed by atoms with van der Waals surface area (Å²) in [4.78, 5) is 0.326. The fraction of sp³-hybridized carbons (Fsp3) is 0.143. The van der Waals surface area contributed by atoms with Gasteiger partial charge in [0.15, 0.2) is 9.84 Å². The number of hydrogen-bond acceptors (Lipinski definition) is 4. The van der Waals surface area contributed by atoms with Crippen molar-refractivity contribution in [2.45, 2.75) is 4.90 Å². The van der Waals surface area contributed by atoms with Gasteiger partial charge in [0.25, 0.3) is 0 Å². The van der Waals surface area contributed by atoms with Crippen LogP contribution in [0.4, 0.5) is 5.69 Å². The van der Waals surface area contributed by atoms with Crippen LogP contribution in [0.15, 0.2) is 29.2 Å². The number of benzene rings is 1. The lowest BCUT2D eigenvalue weighted by Gasteiger charge is -2.07. The minimum absolute atomic E-state index is 0.119. The van der Waals surface area contributed by atoms with Crippen LogP contribution in [0.25, 0.3) is 0 Å². The zero-order valence-electron chi connectivity index (χ0n) is 6.27. The highest BCUT2D eigenvalue weighted by Gasteiger charge is 2.29. The number of fused-ring (bicyclic) bond motifs is 1. The number of anilines is 1. The van der Waals surface area contributed by atoms with Gasteiger partial charge in [0.1, 0.15) is 5.88 Å². The summed E-state index contributed by atoms with van der Waals surface area (Å²) in [6.07, 6.45) is 0. The van der Waals surface area contributed by atoms with E-state index in [1.807, 2.05) is 0 Å². The van der Waals surface area contributed by atoms with Crippen molar-refractivity contribution < 1.29 is 8.42 Å². The minimum atomic E-state index is -3.15. The highest BCUT2D eigenvalue weighted by Crippen LogP contribution is 2.30. The van der Waals surface area contributed by atoms with Crippen LogP contribution in [-0.4, -0.2) is 14.3 Å². The van der Waals surface area contributed by atoms with Crippen molar-refractivity contribution in [2.75, 3.05) is 10.9 Å². The molecule has 0 saturated carbocycles. The van der Waals surface area contributed by atoms with E-state index in [4.69, 9.17) is 5.84 Å². The Kier molecular flexibility index (Phi) is 1.39. The van der Waals surface area contributed by atoms with Crippen LogP contribution in [-0.2, 0) is 9.84 Å². The predicted molar refractivity (Wildman–Crippen MR) is 45.2 cm³/mol. The van der Waals surface area contributed by atoms with Crippen LogP contribution >= 0.6 is 0 Å². The summed E-state index contributed by atoms with van der Waals surface area (Å²) in [5.41, 5.74) is 0.581. The molecule has 12 heavy (non-hydrogen) atoms. The third-order valence-electron chi connectivity index (χ3n) is 1.82. The van der Waals surface area contributed by atoms with Crippen LogP contribution in [0.2, 0.25) is 0 Å². The molecule has 5 heteroatoms.